The van der Waals surface area contributed by atoms with Crippen LogP contribution >= 0.6 is 0 Å². The van der Waals surface area contributed by atoms with Gasteiger partial charge in [-0.15, -0.1) is 0 Å². The number of rotatable bonds is 6. The van der Waals surface area contributed by atoms with Crippen LogP contribution in [0.15, 0.2) is 48.5 Å². The Morgan fingerprint density at radius 1 is 1.09 bits per heavy atom. The SMILES string of the molecule is COC(=O)c1ccccc1O[C@@H]1C[C@@H]2CN(C(=O)COc3cccc(F)c3)C[C@@H]2C[C@H]1O. The number of amides is 1. The summed E-state index contributed by atoms with van der Waals surface area (Å²) in [7, 11) is 1.31. The van der Waals surface area contributed by atoms with Crippen molar-refractivity contribution in [2.75, 3.05) is 26.8 Å². The second kappa shape index (κ2) is 9.56. The highest BCUT2D eigenvalue weighted by Gasteiger charge is 2.44. The Labute approximate surface area is 185 Å². The number of ether oxygens (including phenoxy) is 3. The molecule has 32 heavy (non-hydrogen) atoms. The summed E-state index contributed by atoms with van der Waals surface area (Å²) in [6, 6.07) is 12.5. The number of halogens is 1. The lowest BCUT2D eigenvalue weighted by Gasteiger charge is -2.35. The third-order valence-corrected chi connectivity index (χ3v) is 6.17. The molecule has 1 N–H and O–H groups in total. The highest BCUT2D eigenvalue weighted by molar-refractivity contribution is 5.92. The fourth-order valence-corrected chi connectivity index (χ4v) is 4.52. The van der Waals surface area contributed by atoms with Gasteiger partial charge < -0.3 is 24.2 Å². The van der Waals surface area contributed by atoms with E-state index < -0.39 is 24.0 Å². The van der Waals surface area contributed by atoms with Gasteiger partial charge >= 0.3 is 5.97 Å². The topological polar surface area (TPSA) is 85.3 Å². The Kier molecular flexibility index (Phi) is 6.60. The third kappa shape index (κ3) is 4.85. The largest absolute Gasteiger partial charge is 0.487 e. The zero-order chi connectivity index (χ0) is 22.7. The molecule has 2 aromatic carbocycles. The zero-order valence-electron chi connectivity index (χ0n) is 17.8. The van der Waals surface area contributed by atoms with Crippen molar-refractivity contribution in [3.63, 3.8) is 0 Å². The van der Waals surface area contributed by atoms with Gasteiger partial charge in [-0.05, 0) is 48.9 Å². The van der Waals surface area contributed by atoms with E-state index in [0.717, 1.165) is 0 Å². The predicted octanol–water partition coefficient (Wildman–Crippen LogP) is 2.67. The van der Waals surface area contributed by atoms with Crippen LogP contribution in [-0.2, 0) is 9.53 Å². The van der Waals surface area contributed by atoms with Crippen LogP contribution in [0.2, 0.25) is 0 Å². The molecule has 2 aromatic rings. The molecule has 2 fully saturated rings. The average Bonchev–Trinajstić information content (AvgIpc) is 3.20. The maximum atomic E-state index is 13.3. The van der Waals surface area contributed by atoms with Crippen molar-refractivity contribution in [3.8, 4) is 11.5 Å². The molecule has 7 nitrogen and oxygen atoms in total. The van der Waals surface area contributed by atoms with Crippen LogP contribution in [-0.4, -0.2) is 60.9 Å². The predicted molar refractivity (Wildman–Crippen MR) is 113 cm³/mol. The first-order chi connectivity index (χ1) is 15.4. The van der Waals surface area contributed by atoms with Gasteiger partial charge in [0.1, 0.15) is 29.0 Å². The summed E-state index contributed by atoms with van der Waals surface area (Å²) in [5, 5.41) is 10.7. The second-order valence-corrected chi connectivity index (χ2v) is 8.25. The molecular weight excluding hydrogens is 417 g/mol. The number of likely N-dealkylation sites (tertiary alicyclic amines) is 1. The molecule has 0 spiro atoms. The number of para-hydroxylation sites is 1. The number of methoxy groups -OCH3 is 1. The lowest BCUT2D eigenvalue weighted by atomic mass is 9.78. The molecule has 0 radical (unpaired) electrons. The number of fused-ring (bicyclic) bond motifs is 1. The van der Waals surface area contributed by atoms with Crippen molar-refractivity contribution in [2.45, 2.75) is 25.0 Å². The number of carbonyl (C=O) groups excluding carboxylic acids is 2. The van der Waals surface area contributed by atoms with Crippen LogP contribution in [0.3, 0.4) is 0 Å². The first kappa shape index (κ1) is 22.1. The molecule has 0 bridgehead atoms. The number of hydrogen-bond acceptors (Lipinski definition) is 6. The van der Waals surface area contributed by atoms with E-state index in [1.54, 1.807) is 35.2 Å². The van der Waals surface area contributed by atoms with Crippen LogP contribution in [0, 0.1) is 17.7 Å². The van der Waals surface area contributed by atoms with Gasteiger partial charge in [-0.2, -0.15) is 0 Å². The van der Waals surface area contributed by atoms with Crippen molar-refractivity contribution in [2.24, 2.45) is 11.8 Å². The maximum Gasteiger partial charge on any atom is 0.341 e. The minimum atomic E-state index is -0.708. The molecule has 1 heterocycles. The first-order valence-corrected chi connectivity index (χ1v) is 10.6. The summed E-state index contributed by atoms with van der Waals surface area (Å²) in [4.78, 5) is 26.3. The molecule has 1 aliphatic carbocycles. The van der Waals surface area contributed by atoms with Crippen molar-refractivity contribution in [3.05, 3.63) is 59.9 Å². The average molecular weight is 443 g/mol. The van der Waals surface area contributed by atoms with E-state index in [9.17, 15) is 19.1 Å². The standard InChI is InChI=1S/C24H26FNO6/c1-30-24(29)19-7-2-3-8-21(19)32-22-10-16-13-26(12-15(16)9-20(22)27)23(28)14-31-18-6-4-5-17(25)11-18/h2-8,11,15-16,20,22,27H,9-10,12-14H2,1H3/t15-,16+,20+,22+/m0/s1. The van der Waals surface area contributed by atoms with Gasteiger partial charge in [-0.25, -0.2) is 9.18 Å². The van der Waals surface area contributed by atoms with Crippen LogP contribution in [0.5, 0.6) is 11.5 Å². The monoisotopic (exact) mass is 443 g/mol. The van der Waals surface area contributed by atoms with Crippen LogP contribution in [0.25, 0.3) is 0 Å². The molecule has 2 aliphatic rings. The van der Waals surface area contributed by atoms with Gasteiger partial charge in [-0.1, -0.05) is 18.2 Å². The van der Waals surface area contributed by atoms with E-state index in [0.29, 0.717) is 43.0 Å². The lowest BCUT2D eigenvalue weighted by molar-refractivity contribution is -0.132. The molecule has 8 heteroatoms. The van der Waals surface area contributed by atoms with Gasteiger partial charge in [0.05, 0.1) is 13.2 Å². The van der Waals surface area contributed by atoms with Gasteiger partial charge in [0, 0.05) is 19.2 Å². The molecule has 0 aromatic heterocycles. The summed E-state index contributed by atoms with van der Waals surface area (Å²) >= 11 is 0. The Hall–Kier alpha value is -3.13. The van der Waals surface area contributed by atoms with E-state index in [1.165, 1.54) is 25.3 Å². The Balaban J connectivity index is 1.36. The Morgan fingerprint density at radius 2 is 1.84 bits per heavy atom. The van der Waals surface area contributed by atoms with Crippen molar-refractivity contribution in [1.29, 1.82) is 0 Å². The molecular formula is C24H26FNO6. The molecule has 4 rings (SSSR count). The number of nitrogens with zero attached hydrogens (tertiary/aromatic N) is 1. The molecule has 1 saturated carbocycles. The normalized spacial score (nSPS) is 24.5. The third-order valence-electron chi connectivity index (χ3n) is 6.17. The molecule has 170 valence electrons. The van der Waals surface area contributed by atoms with Gasteiger partial charge in [0.2, 0.25) is 0 Å². The van der Waals surface area contributed by atoms with E-state index in [-0.39, 0.29) is 24.3 Å². The fraction of sp³-hybridized carbons (Fsp3) is 0.417. The van der Waals surface area contributed by atoms with E-state index in [2.05, 4.69) is 0 Å². The van der Waals surface area contributed by atoms with E-state index in [4.69, 9.17) is 14.2 Å². The Bertz CT molecular complexity index is 982. The second-order valence-electron chi connectivity index (χ2n) is 8.25. The van der Waals surface area contributed by atoms with Crippen molar-refractivity contribution in [1.82, 2.24) is 4.90 Å². The molecule has 1 aliphatic heterocycles. The number of hydrogen-bond donors (Lipinski definition) is 1. The zero-order valence-corrected chi connectivity index (χ0v) is 17.8. The van der Waals surface area contributed by atoms with Gasteiger partial charge in [0.15, 0.2) is 6.61 Å². The summed E-state index contributed by atoms with van der Waals surface area (Å²) in [5.41, 5.74) is 0.307. The number of aliphatic hydroxyl groups is 1. The van der Waals surface area contributed by atoms with E-state index >= 15 is 0 Å². The summed E-state index contributed by atoms with van der Waals surface area (Å²) in [6.45, 7) is 0.914. The summed E-state index contributed by atoms with van der Waals surface area (Å²) < 4.78 is 29.5. The van der Waals surface area contributed by atoms with Crippen LogP contribution in [0.1, 0.15) is 23.2 Å². The minimum absolute atomic E-state index is 0.166. The van der Waals surface area contributed by atoms with Crippen LogP contribution in [0.4, 0.5) is 4.39 Å². The number of esters is 1. The van der Waals surface area contributed by atoms with E-state index in [1.807, 2.05) is 0 Å². The number of carbonyl (C=O) groups is 2. The quantitative estimate of drug-likeness (QED) is 0.691. The minimum Gasteiger partial charge on any atom is -0.487 e. The summed E-state index contributed by atoms with van der Waals surface area (Å²) in [5.74, 6) is -0.0765. The summed E-state index contributed by atoms with van der Waals surface area (Å²) in [6.07, 6.45) is -0.124. The molecule has 0 unspecified atom stereocenters. The maximum absolute atomic E-state index is 13.3. The molecule has 4 atom stereocenters. The smallest absolute Gasteiger partial charge is 0.341 e. The van der Waals surface area contributed by atoms with Crippen molar-refractivity contribution < 1.29 is 33.3 Å². The number of aliphatic hydroxyl groups excluding tert-OH is 1. The highest BCUT2D eigenvalue weighted by atomic mass is 19.1. The fourth-order valence-electron chi connectivity index (χ4n) is 4.52. The van der Waals surface area contributed by atoms with Crippen LogP contribution < -0.4 is 9.47 Å². The molecule has 1 saturated heterocycles. The van der Waals surface area contributed by atoms with Gasteiger partial charge in [0.25, 0.3) is 5.91 Å². The van der Waals surface area contributed by atoms with Crippen molar-refractivity contribution >= 4 is 11.9 Å². The molecule has 1 amide bonds. The van der Waals surface area contributed by atoms with Gasteiger partial charge in [-0.3, -0.25) is 4.79 Å². The number of benzene rings is 2. The lowest BCUT2D eigenvalue weighted by Crippen LogP contribution is -2.42. The highest BCUT2D eigenvalue weighted by Crippen LogP contribution is 2.38. The first-order valence-electron chi connectivity index (χ1n) is 10.6. The Morgan fingerprint density at radius 3 is 2.59 bits per heavy atom.